The molecule has 0 unspecified atom stereocenters. The maximum atomic E-state index is 12.5. The Balaban J connectivity index is 1.64. The number of nitrogens with one attached hydrogen (secondary N) is 1. The van der Waals surface area contributed by atoms with E-state index in [9.17, 15) is 4.79 Å². The number of aromatic nitrogens is 2. The summed E-state index contributed by atoms with van der Waals surface area (Å²) in [6.45, 7) is 12.4. The van der Waals surface area contributed by atoms with E-state index in [2.05, 4.69) is 49.4 Å². The van der Waals surface area contributed by atoms with Crippen molar-refractivity contribution in [3.05, 3.63) is 53.5 Å². The molecule has 3 rings (SSSR count). The van der Waals surface area contributed by atoms with Crippen LogP contribution in [0.4, 0.5) is 5.82 Å². The second-order valence-corrected chi connectivity index (χ2v) is 8.11. The molecule has 6 heteroatoms. The first-order valence-corrected chi connectivity index (χ1v) is 9.49. The van der Waals surface area contributed by atoms with Crippen molar-refractivity contribution in [1.82, 2.24) is 20.2 Å². The molecule has 1 amide bonds. The van der Waals surface area contributed by atoms with Crippen molar-refractivity contribution in [2.24, 2.45) is 0 Å². The fraction of sp³-hybridized carbons (Fsp3) is 0.476. The molecule has 2 aromatic rings. The van der Waals surface area contributed by atoms with Crippen molar-refractivity contribution >= 4 is 11.7 Å². The number of hydrogen-bond donors (Lipinski definition) is 1. The number of hydrogen-bond acceptors (Lipinski definition) is 5. The van der Waals surface area contributed by atoms with Gasteiger partial charge in [0.2, 0.25) is 0 Å². The zero-order valence-corrected chi connectivity index (χ0v) is 16.7. The number of amides is 1. The first-order valence-electron chi connectivity index (χ1n) is 9.49. The van der Waals surface area contributed by atoms with Gasteiger partial charge in [-0.15, -0.1) is 0 Å². The summed E-state index contributed by atoms with van der Waals surface area (Å²) in [7, 11) is 0. The van der Waals surface area contributed by atoms with E-state index in [-0.39, 0.29) is 11.4 Å². The third-order valence-electron chi connectivity index (χ3n) is 4.49. The van der Waals surface area contributed by atoms with Crippen molar-refractivity contribution in [3.8, 4) is 0 Å². The molecular weight excluding hydrogens is 338 g/mol. The van der Waals surface area contributed by atoms with Crippen molar-refractivity contribution in [2.45, 2.75) is 39.8 Å². The number of aryl methyl sites for hydroxylation is 1. The van der Waals surface area contributed by atoms with Crippen LogP contribution in [0.15, 0.2) is 36.4 Å². The molecule has 1 N–H and O–H groups in total. The highest BCUT2D eigenvalue weighted by Gasteiger charge is 2.22. The van der Waals surface area contributed by atoms with Gasteiger partial charge in [0.1, 0.15) is 17.3 Å². The molecule has 27 heavy (non-hydrogen) atoms. The second-order valence-electron chi connectivity index (χ2n) is 8.11. The fourth-order valence-corrected chi connectivity index (χ4v) is 3.21. The SMILES string of the molecule is Cc1nc(C(=O)NC(C)(C)C)cc(N2CCN(Cc3ccccc3)CC2)n1. The topological polar surface area (TPSA) is 61.4 Å². The van der Waals surface area contributed by atoms with E-state index < -0.39 is 0 Å². The Morgan fingerprint density at radius 2 is 1.74 bits per heavy atom. The number of benzene rings is 1. The average molecular weight is 367 g/mol. The van der Waals surface area contributed by atoms with Gasteiger partial charge in [-0.05, 0) is 33.3 Å². The summed E-state index contributed by atoms with van der Waals surface area (Å²) >= 11 is 0. The van der Waals surface area contributed by atoms with Crippen LogP contribution in [-0.4, -0.2) is 52.5 Å². The maximum absolute atomic E-state index is 12.5. The highest BCUT2D eigenvalue weighted by atomic mass is 16.2. The van der Waals surface area contributed by atoms with Crippen LogP contribution in [0.2, 0.25) is 0 Å². The molecule has 0 saturated carbocycles. The fourth-order valence-electron chi connectivity index (χ4n) is 3.21. The lowest BCUT2D eigenvalue weighted by atomic mass is 10.1. The average Bonchev–Trinajstić information content (AvgIpc) is 2.61. The lowest BCUT2D eigenvalue weighted by molar-refractivity contribution is 0.0914. The second kappa shape index (κ2) is 8.05. The maximum Gasteiger partial charge on any atom is 0.270 e. The molecule has 6 nitrogen and oxygen atoms in total. The molecule has 1 aliphatic rings. The predicted molar refractivity (Wildman–Crippen MR) is 108 cm³/mol. The molecule has 0 spiro atoms. The molecule has 0 bridgehead atoms. The van der Waals surface area contributed by atoms with E-state index in [0.717, 1.165) is 38.5 Å². The van der Waals surface area contributed by atoms with Crippen LogP contribution in [0.5, 0.6) is 0 Å². The van der Waals surface area contributed by atoms with Gasteiger partial charge >= 0.3 is 0 Å². The van der Waals surface area contributed by atoms with Crippen LogP contribution >= 0.6 is 0 Å². The molecule has 0 aliphatic carbocycles. The number of piperazine rings is 1. The van der Waals surface area contributed by atoms with E-state index in [1.807, 2.05) is 33.8 Å². The van der Waals surface area contributed by atoms with Gasteiger partial charge in [0.05, 0.1) is 0 Å². The Morgan fingerprint density at radius 1 is 1.07 bits per heavy atom. The Morgan fingerprint density at radius 3 is 2.37 bits per heavy atom. The summed E-state index contributed by atoms with van der Waals surface area (Å²) in [5.74, 6) is 1.30. The molecule has 1 fully saturated rings. The van der Waals surface area contributed by atoms with Gasteiger partial charge in [-0.3, -0.25) is 9.69 Å². The molecular formula is C21H29N5O. The third kappa shape index (κ3) is 5.50. The summed E-state index contributed by atoms with van der Waals surface area (Å²) in [4.78, 5) is 26.1. The quantitative estimate of drug-likeness (QED) is 0.900. The van der Waals surface area contributed by atoms with Crippen LogP contribution in [0.3, 0.4) is 0 Å². The van der Waals surface area contributed by atoms with Gasteiger partial charge < -0.3 is 10.2 Å². The Hall–Kier alpha value is -2.47. The van der Waals surface area contributed by atoms with Gasteiger partial charge in [-0.2, -0.15) is 0 Å². The highest BCUT2D eigenvalue weighted by molar-refractivity contribution is 5.93. The van der Waals surface area contributed by atoms with Crippen molar-refractivity contribution in [1.29, 1.82) is 0 Å². The largest absolute Gasteiger partial charge is 0.354 e. The standard InChI is InChI=1S/C21H29N5O/c1-16-22-18(20(27)24-21(2,3)4)14-19(23-16)26-12-10-25(11-13-26)15-17-8-6-5-7-9-17/h5-9,14H,10-13,15H2,1-4H3,(H,24,27). The minimum Gasteiger partial charge on any atom is -0.354 e. The highest BCUT2D eigenvalue weighted by Crippen LogP contribution is 2.17. The molecule has 144 valence electrons. The zero-order chi connectivity index (χ0) is 19.4. The van der Waals surface area contributed by atoms with E-state index in [4.69, 9.17) is 0 Å². The van der Waals surface area contributed by atoms with Crippen LogP contribution in [0.1, 0.15) is 42.6 Å². The summed E-state index contributed by atoms with van der Waals surface area (Å²) < 4.78 is 0. The van der Waals surface area contributed by atoms with Gasteiger partial charge in [0, 0.05) is 44.3 Å². The minimum atomic E-state index is -0.292. The Labute approximate surface area is 161 Å². The van der Waals surface area contributed by atoms with Gasteiger partial charge in [0.15, 0.2) is 0 Å². The van der Waals surface area contributed by atoms with Crippen LogP contribution in [-0.2, 0) is 6.54 Å². The third-order valence-corrected chi connectivity index (χ3v) is 4.49. The van der Waals surface area contributed by atoms with Gasteiger partial charge in [-0.1, -0.05) is 30.3 Å². The van der Waals surface area contributed by atoms with Crippen molar-refractivity contribution < 1.29 is 4.79 Å². The monoisotopic (exact) mass is 367 g/mol. The van der Waals surface area contributed by atoms with E-state index >= 15 is 0 Å². The molecule has 0 radical (unpaired) electrons. The molecule has 1 aromatic carbocycles. The summed E-state index contributed by atoms with van der Waals surface area (Å²) in [6, 6.07) is 12.4. The first-order chi connectivity index (χ1) is 12.8. The molecule has 2 heterocycles. The van der Waals surface area contributed by atoms with E-state index in [1.54, 1.807) is 6.07 Å². The minimum absolute atomic E-state index is 0.156. The smallest absolute Gasteiger partial charge is 0.270 e. The van der Waals surface area contributed by atoms with Crippen molar-refractivity contribution in [3.63, 3.8) is 0 Å². The molecule has 1 saturated heterocycles. The lowest BCUT2D eigenvalue weighted by Gasteiger charge is -2.35. The van der Waals surface area contributed by atoms with Crippen molar-refractivity contribution in [2.75, 3.05) is 31.1 Å². The Kier molecular flexibility index (Phi) is 5.75. The number of carbonyl (C=O) groups is 1. The number of carbonyl (C=O) groups excluding carboxylic acids is 1. The van der Waals surface area contributed by atoms with Crippen LogP contribution < -0.4 is 10.2 Å². The van der Waals surface area contributed by atoms with Crippen LogP contribution in [0.25, 0.3) is 0 Å². The van der Waals surface area contributed by atoms with E-state index in [0.29, 0.717) is 11.5 Å². The predicted octanol–water partition coefficient (Wildman–Crippen LogP) is 2.64. The normalized spacial score (nSPS) is 15.6. The molecule has 0 atom stereocenters. The number of rotatable bonds is 4. The lowest BCUT2D eigenvalue weighted by Crippen LogP contribution is -2.46. The Bertz CT molecular complexity index is 777. The summed E-state index contributed by atoms with van der Waals surface area (Å²) in [6.07, 6.45) is 0. The van der Waals surface area contributed by atoms with Crippen LogP contribution in [0, 0.1) is 6.92 Å². The van der Waals surface area contributed by atoms with Gasteiger partial charge in [0.25, 0.3) is 5.91 Å². The number of anilines is 1. The van der Waals surface area contributed by atoms with Gasteiger partial charge in [-0.25, -0.2) is 9.97 Å². The summed E-state index contributed by atoms with van der Waals surface area (Å²) in [5, 5.41) is 2.97. The zero-order valence-electron chi connectivity index (χ0n) is 16.7. The van der Waals surface area contributed by atoms with E-state index in [1.165, 1.54) is 5.56 Å². The first kappa shape index (κ1) is 19.3. The number of nitrogens with zero attached hydrogens (tertiary/aromatic N) is 4. The summed E-state index contributed by atoms with van der Waals surface area (Å²) in [5.41, 5.74) is 1.48. The molecule has 1 aromatic heterocycles. The molecule has 1 aliphatic heterocycles.